The summed E-state index contributed by atoms with van der Waals surface area (Å²) < 4.78 is 0. The highest BCUT2D eigenvalue weighted by Gasteiger charge is 2.22. The zero-order valence-corrected chi connectivity index (χ0v) is 11.8. The van der Waals surface area contributed by atoms with E-state index in [0.29, 0.717) is 6.04 Å². The van der Waals surface area contributed by atoms with Gasteiger partial charge in [0.15, 0.2) is 6.10 Å². The van der Waals surface area contributed by atoms with Gasteiger partial charge in [-0.25, -0.2) is 4.79 Å². The predicted molar refractivity (Wildman–Crippen MR) is 74.7 cm³/mol. The second kappa shape index (κ2) is 8.33. The molecule has 0 aliphatic carbocycles. The lowest BCUT2D eigenvalue weighted by Gasteiger charge is -2.18. The van der Waals surface area contributed by atoms with Crippen molar-refractivity contribution in [1.29, 1.82) is 0 Å². The van der Waals surface area contributed by atoms with Crippen LogP contribution < -0.4 is 0 Å². The molecule has 0 aromatic carbocycles. The number of carboxylic acids is 2. The minimum atomic E-state index is -1.79. The number of carbonyl (C=O) groups is 2. The Morgan fingerprint density at radius 2 is 2.19 bits per heavy atom. The van der Waals surface area contributed by atoms with Crippen LogP contribution in [0.25, 0.3) is 0 Å². The number of aliphatic hydroxyl groups is 1. The van der Waals surface area contributed by atoms with E-state index in [1.54, 1.807) is 0 Å². The van der Waals surface area contributed by atoms with Crippen molar-refractivity contribution in [3.8, 4) is 0 Å². The Balaban J connectivity index is 0.000000222. The molecule has 0 bridgehead atoms. The first-order valence-corrected chi connectivity index (χ1v) is 6.64. The molecule has 1 aliphatic heterocycles. The van der Waals surface area contributed by atoms with Crippen LogP contribution in [0.5, 0.6) is 0 Å². The van der Waals surface area contributed by atoms with Crippen LogP contribution in [-0.2, 0) is 9.59 Å². The summed E-state index contributed by atoms with van der Waals surface area (Å²) in [7, 11) is 2.19. The van der Waals surface area contributed by atoms with Gasteiger partial charge in [-0.05, 0) is 38.1 Å². The fourth-order valence-corrected chi connectivity index (χ4v) is 2.16. The van der Waals surface area contributed by atoms with E-state index in [-0.39, 0.29) is 0 Å². The molecule has 0 radical (unpaired) electrons. The maximum Gasteiger partial charge on any atom is 0.333 e. The number of likely N-dealkylation sites (tertiary alicyclic amines) is 1. The van der Waals surface area contributed by atoms with Crippen molar-refractivity contribution < 1.29 is 24.9 Å². The number of aromatic nitrogens is 1. The van der Waals surface area contributed by atoms with Gasteiger partial charge in [0, 0.05) is 18.4 Å². The van der Waals surface area contributed by atoms with Crippen LogP contribution >= 0.6 is 0 Å². The number of pyridine rings is 1. The fraction of sp³-hybridized carbons (Fsp3) is 0.500. The number of aliphatic carboxylic acids is 2. The Hall–Kier alpha value is -1.99. The molecule has 21 heavy (non-hydrogen) atoms. The van der Waals surface area contributed by atoms with Crippen molar-refractivity contribution in [2.45, 2.75) is 31.4 Å². The Bertz CT molecular complexity index is 466. The smallest absolute Gasteiger partial charge is 0.333 e. The topological polar surface area (TPSA) is 111 Å². The Morgan fingerprint density at radius 1 is 1.48 bits per heavy atom. The number of rotatable bonds is 4. The number of nitrogens with zero attached hydrogens (tertiary/aromatic N) is 2. The molecule has 1 aromatic rings. The van der Waals surface area contributed by atoms with Crippen molar-refractivity contribution in [3.63, 3.8) is 0 Å². The van der Waals surface area contributed by atoms with E-state index in [0.717, 1.165) is 0 Å². The van der Waals surface area contributed by atoms with E-state index in [1.165, 1.54) is 24.9 Å². The van der Waals surface area contributed by atoms with Gasteiger partial charge in [0.2, 0.25) is 0 Å². The van der Waals surface area contributed by atoms with Crippen LogP contribution in [0.15, 0.2) is 24.5 Å². The molecule has 0 amide bonds. The molecule has 2 atom stereocenters. The van der Waals surface area contributed by atoms with Crippen LogP contribution in [0.4, 0.5) is 0 Å². The molecule has 1 aliphatic rings. The number of carboxylic acid groups (broad SMARTS) is 2. The first kappa shape index (κ1) is 17.1. The van der Waals surface area contributed by atoms with Gasteiger partial charge in [0.1, 0.15) is 0 Å². The van der Waals surface area contributed by atoms with Crippen LogP contribution in [0.3, 0.4) is 0 Å². The minimum Gasteiger partial charge on any atom is -0.481 e. The molecule has 1 saturated heterocycles. The Kier molecular flexibility index (Phi) is 6.77. The highest BCUT2D eigenvalue weighted by atomic mass is 16.4. The SMILES string of the molecule is CN1CCCC1c1cccnc1.O=C(O)C[C@H](O)C(=O)O. The molecule has 1 aromatic heterocycles. The van der Waals surface area contributed by atoms with Gasteiger partial charge in [-0.3, -0.25) is 14.7 Å². The van der Waals surface area contributed by atoms with Crippen molar-refractivity contribution >= 4 is 11.9 Å². The van der Waals surface area contributed by atoms with E-state index >= 15 is 0 Å². The van der Waals surface area contributed by atoms with E-state index in [9.17, 15) is 9.59 Å². The van der Waals surface area contributed by atoms with Crippen LogP contribution in [0, 0.1) is 0 Å². The summed E-state index contributed by atoms with van der Waals surface area (Å²) in [6.45, 7) is 1.22. The largest absolute Gasteiger partial charge is 0.481 e. The molecule has 7 heteroatoms. The first-order chi connectivity index (χ1) is 9.91. The molecule has 116 valence electrons. The third kappa shape index (κ3) is 5.88. The predicted octanol–water partition coefficient (Wildman–Crippen LogP) is 0.755. The highest BCUT2D eigenvalue weighted by Crippen LogP contribution is 2.29. The summed E-state index contributed by atoms with van der Waals surface area (Å²) in [5, 5.41) is 24.1. The quantitative estimate of drug-likeness (QED) is 0.752. The number of aliphatic hydroxyl groups excluding tert-OH is 1. The zero-order valence-electron chi connectivity index (χ0n) is 11.8. The van der Waals surface area contributed by atoms with Gasteiger partial charge >= 0.3 is 11.9 Å². The normalized spacial score (nSPS) is 19.4. The lowest BCUT2D eigenvalue weighted by molar-refractivity contribution is -0.152. The lowest BCUT2D eigenvalue weighted by Crippen LogP contribution is -2.22. The minimum absolute atomic E-state index is 0.610. The Morgan fingerprint density at radius 3 is 2.57 bits per heavy atom. The maximum absolute atomic E-state index is 9.72. The van der Waals surface area contributed by atoms with Crippen molar-refractivity contribution in [3.05, 3.63) is 30.1 Å². The monoisotopic (exact) mass is 296 g/mol. The summed E-state index contributed by atoms with van der Waals surface area (Å²) in [5.74, 6) is -2.85. The summed E-state index contributed by atoms with van der Waals surface area (Å²) in [5.41, 5.74) is 1.36. The molecular weight excluding hydrogens is 276 g/mol. The number of hydrogen-bond donors (Lipinski definition) is 3. The molecule has 0 saturated carbocycles. The zero-order chi connectivity index (χ0) is 15.8. The van der Waals surface area contributed by atoms with Crippen LogP contribution in [0.2, 0.25) is 0 Å². The van der Waals surface area contributed by atoms with Crippen molar-refractivity contribution in [2.75, 3.05) is 13.6 Å². The standard InChI is InChI=1S/C10H14N2.C4H6O5/c1-12-7-3-5-10(12)9-4-2-6-11-8-9;5-2(4(8)9)1-3(6)7/h2,4,6,8,10H,3,5,7H2,1H3;2,5H,1H2,(H,6,7)(H,8,9)/t;2-/m.0/s1. The van der Waals surface area contributed by atoms with Crippen molar-refractivity contribution in [1.82, 2.24) is 9.88 Å². The van der Waals surface area contributed by atoms with Gasteiger partial charge in [-0.2, -0.15) is 0 Å². The molecular formula is C14H20N2O5. The summed E-state index contributed by atoms with van der Waals surface area (Å²) in [4.78, 5) is 25.9. The summed E-state index contributed by atoms with van der Waals surface area (Å²) in [6.07, 6.45) is 3.86. The van der Waals surface area contributed by atoms with Gasteiger partial charge in [-0.15, -0.1) is 0 Å². The van der Waals surface area contributed by atoms with E-state index in [1.807, 2.05) is 18.5 Å². The summed E-state index contributed by atoms with van der Waals surface area (Å²) in [6, 6.07) is 4.79. The van der Waals surface area contributed by atoms with E-state index in [4.69, 9.17) is 15.3 Å². The number of hydrogen-bond acceptors (Lipinski definition) is 5. The molecule has 1 unspecified atom stereocenters. The van der Waals surface area contributed by atoms with E-state index in [2.05, 4.69) is 23.0 Å². The van der Waals surface area contributed by atoms with Gasteiger partial charge in [0.25, 0.3) is 0 Å². The molecule has 2 heterocycles. The third-order valence-electron chi connectivity index (χ3n) is 3.24. The molecule has 7 nitrogen and oxygen atoms in total. The molecule has 0 spiro atoms. The fourth-order valence-electron chi connectivity index (χ4n) is 2.16. The van der Waals surface area contributed by atoms with Crippen molar-refractivity contribution in [2.24, 2.45) is 0 Å². The summed E-state index contributed by atoms with van der Waals surface area (Å²) >= 11 is 0. The van der Waals surface area contributed by atoms with Gasteiger partial charge < -0.3 is 15.3 Å². The van der Waals surface area contributed by atoms with Gasteiger partial charge in [-0.1, -0.05) is 6.07 Å². The van der Waals surface area contributed by atoms with Crippen LogP contribution in [0.1, 0.15) is 30.9 Å². The third-order valence-corrected chi connectivity index (χ3v) is 3.24. The van der Waals surface area contributed by atoms with Gasteiger partial charge in [0.05, 0.1) is 6.42 Å². The van der Waals surface area contributed by atoms with Crippen LogP contribution in [-0.4, -0.2) is 56.8 Å². The average Bonchev–Trinajstić information content (AvgIpc) is 2.86. The second-order valence-electron chi connectivity index (χ2n) is 4.88. The highest BCUT2D eigenvalue weighted by molar-refractivity contribution is 5.79. The maximum atomic E-state index is 9.72. The Labute approximate surface area is 122 Å². The molecule has 1 fully saturated rings. The van der Waals surface area contributed by atoms with E-state index < -0.39 is 24.5 Å². The molecule has 2 rings (SSSR count). The second-order valence-corrected chi connectivity index (χ2v) is 4.88. The first-order valence-electron chi connectivity index (χ1n) is 6.64. The lowest BCUT2D eigenvalue weighted by atomic mass is 10.1. The molecule has 3 N–H and O–H groups in total. The average molecular weight is 296 g/mol.